The zero-order chi connectivity index (χ0) is 11.3. The number of ether oxygens (including phenoxy) is 1. The van der Waals surface area contributed by atoms with E-state index in [1.165, 1.54) is 12.7 Å². The Morgan fingerprint density at radius 2 is 1.87 bits per heavy atom. The van der Waals surface area contributed by atoms with E-state index in [-0.39, 0.29) is 0 Å². The van der Waals surface area contributed by atoms with Crippen molar-refractivity contribution in [3.8, 4) is 0 Å². The van der Waals surface area contributed by atoms with Crippen LogP contribution in [-0.2, 0) is 22.4 Å². The van der Waals surface area contributed by atoms with Crippen molar-refractivity contribution < 1.29 is 14.6 Å². The maximum absolute atomic E-state index is 10.7. The predicted molar refractivity (Wildman–Crippen MR) is 58.0 cm³/mol. The third kappa shape index (κ3) is 3.36. The lowest BCUT2D eigenvalue weighted by atomic mass is 10.0. The molecule has 3 heteroatoms. The van der Waals surface area contributed by atoms with Crippen LogP contribution in [0.2, 0.25) is 0 Å². The molecule has 1 atom stereocenters. The second-order valence-electron chi connectivity index (χ2n) is 3.44. The van der Waals surface area contributed by atoms with Crippen LogP contribution in [0.15, 0.2) is 24.3 Å². The van der Waals surface area contributed by atoms with Crippen LogP contribution >= 0.6 is 0 Å². The zero-order valence-corrected chi connectivity index (χ0v) is 9.06. The summed E-state index contributed by atoms with van der Waals surface area (Å²) in [4.78, 5) is 10.7. The van der Waals surface area contributed by atoms with Gasteiger partial charge < -0.3 is 9.84 Å². The quantitative estimate of drug-likeness (QED) is 0.803. The number of carbonyl (C=O) groups is 1. The highest BCUT2D eigenvalue weighted by Crippen LogP contribution is 2.09. The van der Waals surface area contributed by atoms with Crippen LogP contribution in [-0.4, -0.2) is 24.3 Å². The minimum Gasteiger partial charge on any atom is -0.479 e. The first-order valence-electron chi connectivity index (χ1n) is 5.00. The van der Waals surface area contributed by atoms with Gasteiger partial charge in [0.2, 0.25) is 0 Å². The number of aryl methyl sites for hydroxylation is 1. The van der Waals surface area contributed by atoms with Gasteiger partial charge in [0.25, 0.3) is 0 Å². The molecule has 0 spiro atoms. The fraction of sp³-hybridized carbons (Fsp3) is 0.417. The molecule has 1 N–H and O–H groups in total. The average molecular weight is 208 g/mol. The van der Waals surface area contributed by atoms with E-state index < -0.39 is 12.1 Å². The highest BCUT2D eigenvalue weighted by Gasteiger charge is 2.16. The Morgan fingerprint density at radius 1 is 1.33 bits per heavy atom. The normalized spacial score (nSPS) is 12.4. The van der Waals surface area contributed by atoms with Crippen molar-refractivity contribution in [3.05, 3.63) is 35.4 Å². The fourth-order valence-corrected chi connectivity index (χ4v) is 1.40. The lowest BCUT2D eigenvalue weighted by molar-refractivity contribution is -0.148. The molecular weight excluding hydrogens is 192 g/mol. The van der Waals surface area contributed by atoms with Crippen molar-refractivity contribution >= 4 is 5.97 Å². The van der Waals surface area contributed by atoms with E-state index in [4.69, 9.17) is 9.84 Å². The molecule has 0 bridgehead atoms. The second kappa shape index (κ2) is 5.51. The van der Waals surface area contributed by atoms with Crippen LogP contribution in [0.1, 0.15) is 18.1 Å². The average Bonchev–Trinajstić information content (AvgIpc) is 2.26. The van der Waals surface area contributed by atoms with Crippen LogP contribution in [0.5, 0.6) is 0 Å². The van der Waals surface area contributed by atoms with Gasteiger partial charge in [0.15, 0.2) is 6.10 Å². The number of carboxylic acid groups (broad SMARTS) is 1. The van der Waals surface area contributed by atoms with Crippen LogP contribution < -0.4 is 0 Å². The summed E-state index contributed by atoms with van der Waals surface area (Å²) in [6.07, 6.45) is 0.653. The summed E-state index contributed by atoms with van der Waals surface area (Å²) in [5.41, 5.74) is 2.24. The number of benzene rings is 1. The van der Waals surface area contributed by atoms with Gasteiger partial charge in [-0.2, -0.15) is 0 Å². The summed E-state index contributed by atoms with van der Waals surface area (Å²) in [5.74, 6) is -0.919. The lowest BCUT2D eigenvalue weighted by Gasteiger charge is -2.10. The van der Waals surface area contributed by atoms with Gasteiger partial charge in [-0.05, 0) is 17.5 Å². The molecule has 0 saturated heterocycles. The maximum Gasteiger partial charge on any atom is 0.333 e. The molecule has 15 heavy (non-hydrogen) atoms. The molecule has 1 rings (SSSR count). The number of hydrogen-bond donors (Lipinski definition) is 1. The molecule has 1 aromatic carbocycles. The van der Waals surface area contributed by atoms with Gasteiger partial charge in [0.1, 0.15) is 0 Å². The van der Waals surface area contributed by atoms with E-state index in [1.54, 1.807) is 0 Å². The van der Waals surface area contributed by atoms with E-state index in [0.717, 1.165) is 12.0 Å². The second-order valence-corrected chi connectivity index (χ2v) is 3.44. The number of aliphatic carboxylic acids is 1. The van der Waals surface area contributed by atoms with Gasteiger partial charge in [0, 0.05) is 13.5 Å². The third-order valence-corrected chi connectivity index (χ3v) is 2.41. The van der Waals surface area contributed by atoms with Gasteiger partial charge in [-0.3, -0.25) is 0 Å². The molecule has 0 aromatic heterocycles. The molecule has 0 saturated carbocycles. The minimum atomic E-state index is -0.919. The Hall–Kier alpha value is -1.35. The standard InChI is InChI=1S/C12H16O3/c1-3-9-4-6-10(7-5-9)8-11(15-2)12(13)14/h4-7,11H,3,8H2,1-2H3,(H,13,14)/t11-/m1/s1. The molecule has 0 heterocycles. The van der Waals surface area contributed by atoms with E-state index in [9.17, 15) is 4.79 Å². The Balaban J connectivity index is 2.67. The largest absolute Gasteiger partial charge is 0.479 e. The highest BCUT2D eigenvalue weighted by molar-refractivity contribution is 5.72. The van der Waals surface area contributed by atoms with Gasteiger partial charge in [0.05, 0.1) is 0 Å². The van der Waals surface area contributed by atoms with Crippen LogP contribution in [0.25, 0.3) is 0 Å². The van der Waals surface area contributed by atoms with E-state index >= 15 is 0 Å². The minimum absolute atomic E-state index is 0.413. The fourth-order valence-electron chi connectivity index (χ4n) is 1.40. The van der Waals surface area contributed by atoms with Crippen LogP contribution in [0.3, 0.4) is 0 Å². The van der Waals surface area contributed by atoms with Crippen molar-refractivity contribution in [2.24, 2.45) is 0 Å². The molecule has 0 fully saturated rings. The van der Waals surface area contributed by atoms with Gasteiger partial charge in [-0.15, -0.1) is 0 Å². The Bertz CT molecular complexity index is 316. The first-order chi connectivity index (χ1) is 7.17. The monoisotopic (exact) mass is 208 g/mol. The zero-order valence-electron chi connectivity index (χ0n) is 9.06. The molecule has 0 unspecified atom stereocenters. The van der Waals surface area contributed by atoms with E-state index in [0.29, 0.717) is 6.42 Å². The molecular formula is C12H16O3. The Morgan fingerprint density at radius 3 is 2.27 bits per heavy atom. The Labute approximate surface area is 89.7 Å². The predicted octanol–water partition coefficient (Wildman–Crippen LogP) is 1.89. The first-order valence-corrected chi connectivity index (χ1v) is 5.00. The van der Waals surface area contributed by atoms with Crippen molar-refractivity contribution in [3.63, 3.8) is 0 Å². The summed E-state index contributed by atoms with van der Waals surface area (Å²) < 4.78 is 4.87. The molecule has 0 amide bonds. The number of carboxylic acids is 1. The molecule has 1 aromatic rings. The van der Waals surface area contributed by atoms with Gasteiger partial charge >= 0.3 is 5.97 Å². The summed E-state index contributed by atoms with van der Waals surface area (Å²) in [6.45, 7) is 2.09. The van der Waals surface area contributed by atoms with Crippen LogP contribution in [0, 0.1) is 0 Å². The summed E-state index contributed by atoms with van der Waals surface area (Å²) in [6, 6.07) is 7.94. The smallest absolute Gasteiger partial charge is 0.333 e. The van der Waals surface area contributed by atoms with Crippen molar-refractivity contribution in [1.82, 2.24) is 0 Å². The maximum atomic E-state index is 10.7. The summed E-state index contributed by atoms with van der Waals surface area (Å²) in [5, 5.41) is 8.81. The van der Waals surface area contributed by atoms with Gasteiger partial charge in [-0.25, -0.2) is 4.79 Å². The number of rotatable bonds is 5. The SMILES string of the molecule is CCc1ccc(C[C@@H](OC)C(=O)O)cc1. The molecule has 0 radical (unpaired) electrons. The third-order valence-electron chi connectivity index (χ3n) is 2.41. The van der Waals surface area contributed by atoms with E-state index in [1.807, 2.05) is 24.3 Å². The molecule has 0 aliphatic heterocycles. The van der Waals surface area contributed by atoms with Crippen molar-refractivity contribution in [2.75, 3.05) is 7.11 Å². The first kappa shape index (κ1) is 11.7. The highest BCUT2D eigenvalue weighted by atomic mass is 16.5. The number of hydrogen-bond acceptors (Lipinski definition) is 2. The lowest BCUT2D eigenvalue weighted by Crippen LogP contribution is -2.24. The molecule has 0 aliphatic carbocycles. The molecule has 3 nitrogen and oxygen atoms in total. The van der Waals surface area contributed by atoms with Crippen LogP contribution in [0.4, 0.5) is 0 Å². The van der Waals surface area contributed by atoms with E-state index in [2.05, 4.69) is 6.92 Å². The van der Waals surface area contributed by atoms with Crippen molar-refractivity contribution in [2.45, 2.75) is 25.9 Å². The summed E-state index contributed by atoms with van der Waals surface area (Å²) in [7, 11) is 1.42. The summed E-state index contributed by atoms with van der Waals surface area (Å²) >= 11 is 0. The van der Waals surface area contributed by atoms with Crippen molar-refractivity contribution in [1.29, 1.82) is 0 Å². The topological polar surface area (TPSA) is 46.5 Å². The van der Waals surface area contributed by atoms with Gasteiger partial charge in [-0.1, -0.05) is 31.2 Å². The number of methoxy groups -OCH3 is 1. The Kier molecular flexibility index (Phi) is 4.31. The molecule has 0 aliphatic rings. The molecule has 82 valence electrons.